The Morgan fingerprint density at radius 1 is 1.07 bits per heavy atom. The summed E-state index contributed by atoms with van der Waals surface area (Å²) < 4.78 is 57.0. The number of hydrogen-bond acceptors (Lipinski definition) is 6. The molecule has 3 heterocycles. The Kier molecular flexibility index (Phi) is 7.76. The highest BCUT2D eigenvalue weighted by Crippen LogP contribution is 2.36. The maximum absolute atomic E-state index is 13.8. The van der Waals surface area contributed by atoms with Crippen molar-refractivity contribution in [1.82, 2.24) is 19.3 Å². The fourth-order valence-corrected chi connectivity index (χ4v) is 5.47. The van der Waals surface area contributed by atoms with E-state index < -0.39 is 38.0 Å². The molecule has 206 valence electrons. The van der Waals surface area contributed by atoms with Crippen molar-refractivity contribution >= 4 is 44.3 Å². The number of pyridine rings is 2. The van der Waals surface area contributed by atoms with Crippen LogP contribution in [0.2, 0.25) is 5.02 Å². The lowest BCUT2D eigenvalue weighted by molar-refractivity contribution is 0.0974. The average Bonchev–Trinajstić information content (AvgIpc) is 3.16. The Hall–Kier alpha value is -4.55. The maximum Gasteiger partial charge on any atom is 0.282 e. The first-order chi connectivity index (χ1) is 18.5. The highest BCUT2D eigenvalue weighted by atomic mass is 35.5. The minimum atomic E-state index is -4.74. The van der Waals surface area contributed by atoms with Crippen molar-refractivity contribution in [1.29, 1.82) is 0 Å². The van der Waals surface area contributed by atoms with E-state index in [0.29, 0.717) is 39.7 Å². The number of rotatable bonds is 6. The van der Waals surface area contributed by atoms with E-state index in [1.54, 1.807) is 36.4 Å². The maximum atomic E-state index is 13.8. The molecule has 5 aromatic rings. The summed E-state index contributed by atoms with van der Waals surface area (Å²) in [5.41, 5.74) is 6.31. The van der Waals surface area contributed by atoms with Crippen molar-refractivity contribution in [3.63, 3.8) is 0 Å². The van der Waals surface area contributed by atoms with Gasteiger partial charge in [-0.15, -0.1) is 0 Å². The molecule has 9 nitrogen and oxygen atoms in total. The van der Waals surface area contributed by atoms with Crippen molar-refractivity contribution in [2.75, 3.05) is 5.73 Å². The number of nitrogens with two attached hydrogens (primary N) is 1. The van der Waals surface area contributed by atoms with Gasteiger partial charge in [0.2, 0.25) is 0 Å². The average molecular weight is 586 g/mol. The van der Waals surface area contributed by atoms with Gasteiger partial charge in [-0.2, -0.15) is 0 Å². The van der Waals surface area contributed by atoms with Gasteiger partial charge in [0.05, 0.1) is 4.90 Å². The third-order valence-corrected chi connectivity index (χ3v) is 7.43. The van der Waals surface area contributed by atoms with Crippen LogP contribution in [0, 0.1) is 11.6 Å². The zero-order chi connectivity index (χ0) is 27.9. The van der Waals surface area contributed by atoms with Crippen LogP contribution in [-0.2, 0) is 16.6 Å². The van der Waals surface area contributed by atoms with E-state index >= 15 is 0 Å². The SMILES string of the molecule is C.Nc1cc(Cn2c(C(=O)NS(=O)(=O)c3cc(F)cc(F)c3)c(-c3ccc[nH]c3=O)c3cc(Cl)ccc32)ccn1. The molecule has 0 saturated heterocycles. The minimum absolute atomic E-state index is 0. The van der Waals surface area contributed by atoms with Gasteiger partial charge in [-0.1, -0.05) is 19.0 Å². The fourth-order valence-electron chi connectivity index (χ4n) is 4.31. The lowest BCUT2D eigenvalue weighted by Crippen LogP contribution is -2.33. The standard InChI is InChI=1S/C26H18ClF2N5O4S.CH4/c27-15-3-4-21-20(9-15)23(19-2-1-6-32-25(19)35)24(34(21)13-14-5-7-31-22(30)8-14)26(36)33-39(37,38)18-11-16(28)10-17(29)12-18;/h1-12H,13H2,(H2,30,31)(H,32,35)(H,33,36);1H4. The number of carbonyl (C=O) groups is 1. The monoisotopic (exact) mass is 585 g/mol. The second-order valence-electron chi connectivity index (χ2n) is 8.51. The van der Waals surface area contributed by atoms with Gasteiger partial charge < -0.3 is 15.3 Å². The van der Waals surface area contributed by atoms with E-state index in [4.69, 9.17) is 17.3 Å². The zero-order valence-electron chi connectivity index (χ0n) is 19.8. The summed E-state index contributed by atoms with van der Waals surface area (Å²) in [7, 11) is -4.74. The van der Waals surface area contributed by atoms with E-state index in [1.165, 1.54) is 23.0 Å². The number of carbonyl (C=O) groups excluding carboxylic acids is 1. The topological polar surface area (TPSA) is 140 Å². The predicted octanol–water partition coefficient (Wildman–Crippen LogP) is 4.71. The van der Waals surface area contributed by atoms with E-state index in [2.05, 4.69) is 9.97 Å². The molecule has 0 radical (unpaired) electrons. The quantitative estimate of drug-likeness (QED) is 0.264. The zero-order valence-corrected chi connectivity index (χ0v) is 21.4. The van der Waals surface area contributed by atoms with Gasteiger partial charge in [0.1, 0.15) is 23.1 Å². The van der Waals surface area contributed by atoms with Crippen LogP contribution >= 0.6 is 11.6 Å². The number of nitrogens with one attached hydrogen (secondary N) is 2. The molecule has 13 heteroatoms. The fraction of sp³-hybridized carbons (Fsp3) is 0.0741. The van der Waals surface area contributed by atoms with Crippen molar-refractivity contribution in [2.45, 2.75) is 18.9 Å². The second kappa shape index (κ2) is 10.9. The summed E-state index contributed by atoms with van der Waals surface area (Å²) in [6.45, 7) is 0.0208. The molecule has 0 aliphatic rings. The molecule has 2 aromatic carbocycles. The number of anilines is 1. The Labute approximate surface area is 232 Å². The number of hydrogen-bond donors (Lipinski definition) is 3. The highest BCUT2D eigenvalue weighted by molar-refractivity contribution is 7.90. The van der Waals surface area contributed by atoms with Gasteiger partial charge >= 0.3 is 0 Å². The number of halogens is 3. The van der Waals surface area contributed by atoms with E-state index in [9.17, 15) is 26.8 Å². The largest absolute Gasteiger partial charge is 0.384 e. The van der Waals surface area contributed by atoms with Crippen LogP contribution in [0.1, 0.15) is 23.5 Å². The van der Waals surface area contributed by atoms with Crippen LogP contribution in [0.4, 0.5) is 14.6 Å². The lowest BCUT2D eigenvalue weighted by Gasteiger charge is -2.14. The molecule has 0 unspecified atom stereocenters. The minimum Gasteiger partial charge on any atom is -0.384 e. The van der Waals surface area contributed by atoms with Gasteiger partial charge in [-0.3, -0.25) is 9.59 Å². The summed E-state index contributed by atoms with van der Waals surface area (Å²) in [6.07, 6.45) is 2.87. The van der Waals surface area contributed by atoms with Gasteiger partial charge in [-0.05, 0) is 60.2 Å². The molecule has 40 heavy (non-hydrogen) atoms. The summed E-state index contributed by atoms with van der Waals surface area (Å²) in [5, 5.41) is 0.691. The lowest BCUT2D eigenvalue weighted by atomic mass is 10.0. The second-order valence-corrected chi connectivity index (χ2v) is 10.6. The summed E-state index contributed by atoms with van der Waals surface area (Å²) in [4.78, 5) is 32.3. The van der Waals surface area contributed by atoms with Crippen LogP contribution in [0.15, 0.2) is 82.7 Å². The van der Waals surface area contributed by atoms with Gasteiger partial charge in [-0.25, -0.2) is 26.9 Å². The van der Waals surface area contributed by atoms with Crippen LogP contribution < -0.4 is 16.0 Å². The van der Waals surface area contributed by atoms with E-state index in [-0.39, 0.29) is 36.6 Å². The molecule has 3 aromatic heterocycles. The normalized spacial score (nSPS) is 11.3. The Balaban J connectivity index is 0.00000370. The number of fused-ring (bicyclic) bond motifs is 1. The number of H-pyrrole nitrogens is 1. The first-order valence-corrected chi connectivity index (χ1v) is 13.1. The van der Waals surface area contributed by atoms with Crippen LogP contribution in [0.3, 0.4) is 0 Å². The molecule has 0 atom stereocenters. The van der Waals surface area contributed by atoms with Gasteiger partial charge in [0.15, 0.2) is 0 Å². The number of sulfonamides is 1. The Bertz CT molecular complexity index is 1920. The van der Waals surface area contributed by atoms with Crippen LogP contribution in [0.25, 0.3) is 22.0 Å². The Morgan fingerprint density at radius 2 is 1.80 bits per heavy atom. The van der Waals surface area contributed by atoms with Crippen LogP contribution in [-0.4, -0.2) is 28.9 Å². The van der Waals surface area contributed by atoms with Crippen molar-refractivity contribution in [2.24, 2.45) is 0 Å². The molecule has 0 aliphatic heterocycles. The first-order valence-electron chi connectivity index (χ1n) is 11.3. The third kappa shape index (κ3) is 5.44. The molecule has 0 bridgehead atoms. The smallest absolute Gasteiger partial charge is 0.282 e. The molecule has 0 aliphatic carbocycles. The number of aromatic amines is 1. The number of benzene rings is 2. The molecule has 0 saturated carbocycles. The first kappa shape index (κ1) is 28.5. The van der Waals surface area contributed by atoms with Gasteiger partial charge in [0.25, 0.3) is 21.5 Å². The molecule has 5 rings (SSSR count). The molecule has 1 amide bonds. The summed E-state index contributed by atoms with van der Waals surface area (Å²) in [5.74, 6) is -3.21. The van der Waals surface area contributed by atoms with Gasteiger partial charge in [0, 0.05) is 52.1 Å². The van der Waals surface area contributed by atoms with Crippen molar-refractivity contribution < 1.29 is 22.0 Å². The number of amides is 1. The molecular formula is C27H22ClF2N5O4S. The van der Waals surface area contributed by atoms with Crippen molar-refractivity contribution in [3.8, 4) is 11.1 Å². The van der Waals surface area contributed by atoms with E-state index in [1.807, 2.05) is 4.72 Å². The highest BCUT2D eigenvalue weighted by Gasteiger charge is 2.29. The molecular weight excluding hydrogens is 564 g/mol. The summed E-state index contributed by atoms with van der Waals surface area (Å²) in [6, 6.07) is 12.6. The number of nitrogens with zero attached hydrogens (tertiary/aromatic N) is 2. The number of nitrogen functional groups attached to an aromatic ring is 1. The summed E-state index contributed by atoms with van der Waals surface area (Å²) >= 11 is 6.27. The molecule has 0 fully saturated rings. The molecule has 0 spiro atoms. The predicted molar refractivity (Wildman–Crippen MR) is 148 cm³/mol. The number of aromatic nitrogens is 3. The van der Waals surface area contributed by atoms with Crippen LogP contribution in [0.5, 0.6) is 0 Å². The Morgan fingerprint density at radius 3 is 2.48 bits per heavy atom. The third-order valence-electron chi connectivity index (χ3n) is 5.89. The molecule has 4 N–H and O–H groups in total. The van der Waals surface area contributed by atoms with E-state index in [0.717, 1.165) is 0 Å². The van der Waals surface area contributed by atoms with Crippen molar-refractivity contribution in [3.05, 3.63) is 111 Å².